The van der Waals surface area contributed by atoms with Crippen LogP contribution >= 0.6 is 31.0 Å². The molecule has 1 aliphatic carbocycles. The molecule has 1 aromatic rings. The predicted molar refractivity (Wildman–Crippen MR) is 130 cm³/mol. The summed E-state index contributed by atoms with van der Waals surface area (Å²) in [5.74, 6) is 0. The van der Waals surface area contributed by atoms with Crippen LogP contribution in [0.1, 0.15) is 6.92 Å². The van der Waals surface area contributed by atoms with Crippen molar-refractivity contribution in [1.82, 2.24) is 4.72 Å². The molecule has 1 aliphatic heterocycles. The van der Waals surface area contributed by atoms with E-state index in [1.165, 1.54) is 12.2 Å². The van der Waals surface area contributed by atoms with Gasteiger partial charge in [-0.1, -0.05) is 35.9 Å². The third-order valence-corrected chi connectivity index (χ3v) is 10.8. The van der Waals surface area contributed by atoms with Gasteiger partial charge in [-0.05, 0) is 30.7 Å². The molecule has 9 nitrogen and oxygen atoms in total. The van der Waals surface area contributed by atoms with Crippen LogP contribution in [-0.4, -0.2) is 59.4 Å². The van der Waals surface area contributed by atoms with Crippen molar-refractivity contribution in [2.24, 2.45) is 5.41 Å². The largest absolute Gasteiger partial charge is 0.400 e. The molecule has 0 saturated heterocycles. The lowest BCUT2D eigenvalue weighted by Crippen LogP contribution is -2.55. The van der Waals surface area contributed by atoms with Crippen molar-refractivity contribution in [3.05, 3.63) is 53.0 Å². The van der Waals surface area contributed by atoms with Gasteiger partial charge in [0, 0.05) is 17.1 Å². The second-order valence-electron chi connectivity index (χ2n) is 8.17. The zero-order valence-electron chi connectivity index (χ0n) is 18.6. The number of rotatable bonds is 9. The van der Waals surface area contributed by atoms with Gasteiger partial charge in [-0.25, -0.2) is 13.1 Å². The van der Waals surface area contributed by atoms with E-state index in [1.54, 1.807) is 35.1 Å². The Hall–Kier alpha value is -1.56. The van der Waals surface area contributed by atoms with Gasteiger partial charge in [0.1, 0.15) is 22.4 Å². The van der Waals surface area contributed by atoms with Crippen LogP contribution < -0.4 is 10.0 Å². The number of halogens is 4. The summed E-state index contributed by atoms with van der Waals surface area (Å²) in [5.41, 5.74) is -3.10. The molecule has 0 fully saturated rings. The highest BCUT2D eigenvalue weighted by atomic mass is 35.5. The predicted octanol–water partition coefficient (Wildman–Crippen LogP) is 3.50. The molecule has 3 rings (SSSR count). The zero-order valence-corrected chi connectivity index (χ0v) is 21.9. The van der Waals surface area contributed by atoms with Crippen molar-refractivity contribution in [1.29, 1.82) is 5.26 Å². The molecule has 4 N–H and O–H groups in total. The highest BCUT2D eigenvalue weighted by Crippen LogP contribution is 2.65. The molecule has 2 aliphatic rings. The quantitative estimate of drug-likeness (QED) is 0.193. The van der Waals surface area contributed by atoms with Gasteiger partial charge in [-0.15, -0.1) is 11.8 Å². The maximum atomic E-state index is 14.5. The number of benzene rings is 1. The summed E-state index contributed by atoms with van der Waals surface area (Å²) >= 11 is 6.81. The Morgan fingerprint density at radius 1 is 1.31 bits per heavy atom. The van der Waals surface area contributed by atoms with Crippen molar-refractivity contribution in [2.45, 2.75) is 28.7 Å². The summed E-state index contributed by atoms with van der Waals surface area (Å²) in [6.07, 6.45) is -5.42. The minimum absolute atomic E-state index is 0.0376. The minimum atomic E-state index is -5.21. The molecule has 4 atom stereocenters. The second-order valence-corrected chi connectivity index (χ2v) is 13.7. The van der Waals surface area contributed by atoms with Gasteiger partial charge >= 0.3 is 13.8 Å². The monoisotopic (exact) mass is 587 g/mol. The Morgan fingerprint density at radius 2 is 1.94 bits per heavy atom. The number of thioether (sulfide) groups is 1. The van der Waals surface area contributed by atoms with Crippen molar-refractivity contribution < 1.29 is 40.7 Å². The van der Waals surface area contributed by atoms with Gasteiger partial charge in [0.25, 0.3) is 0 Å². The Balaban J connectivity index is 1.89. The number of hydrogen-bond donors (Lipinski definition) is 4. The number of para-hydroxylation sites is 1. The molecular weight excluding hydrogens is 566 g/mol. The van der Waals surface area contributed by atoms with E-state index in [2.05, 4.69) is 5.32 Å². The number of sulfonamides is 1. The summed E-state index contributed by atoms with van der Waals surface area (Å²) in [7, 11) is -9.87. The van der Waals surface area contributed by atoms with Crippen molar-refractivity contribution in [3.63, 3.8) is 0 Å². The fourth-order valence-corrected chi connectivity index (χ4v) is 9.21. The summed E-state index contributed by atoms with van der Waals surface area (Å²) in [6, 6.07) is 10.7. The first-order valence-corrected chi connectivity index (χ1v) is 14.9. The molecule has 0 saturated carbocycles. The maximum Gasteiger partial charge on any atom is 0.400 e. The van der Waals surface area contributed by atoms with Gasteiger partial charge in [0.15, 0.2) is 4.87 Å². The molecule has 0 amide bonds. The van der Waals surface area contributed by atoms with E-state index in [0.717, 1.165) is 5.69 Å². The molecule has 0 aromatic heterocycles. The molecule has 1 aromatic carbocycles. The zero-order chi connectivity index (χ0) is 27.0. The summed E-state index contributed by atoms with van der Waals surface area (Å²) in [6.45, 7) is 0.808. The number of allylic oxidation sites excluding steroid dienone is 1. The first-order chi connectivity index (χ1) is 16.6. The standard InChI is InChI=1S/C20H22ClF3N3O6PS2/c1-18(20(22,23)24)16-14(35-17(18)36(31,32)27-12-34(28,29)30)7-8-15(19(16,21)11-25)33-10-9-26-13-5-3-2-4-6-13/h2-8,15,17,26-27H,9-10,12H2,1H3,(H2,28,29,30). The lowest BCUT2D eigenvalue weighted by molar-refractivity contribution is -0.200. The van der Waals surface area contributed by atoms with E-state index < -0.39 is 56.6 Å². The SMILES string of the molecule is CC1(C(F)(F)F)C2=C(C=CC(OCCNc3ccccc3)C2(Cl)C#N)SC1S(=O)(=O)NCP(=O)(O)O. The molecule has 198 valence electrons. The molecule has 16 heteroatoms. The molecule has 0 spiro atoms. The Labute approximate surface area is 214 Å². The summed E-state index contributed by atoms with van der Waals surface area (Å²) < 4.78 is 85.3. The highest BCUT2D eigenvalue weighted by Gasteiger charge is 2.71. The van der Waals surface area contributed by atoms with E-state index in [4.69, 9.17) is 26.1 Å². The van der Waals surface area contributed by atoms with Crippen LogP contribution in [0.2, 0.25) is 0 Å². The average molecular weight is 588 g/mol. The Bertz CT molecular complexity index is 1250. The number of ether oxygens (including phenoxy) is 1. The topological polar surface area (TPSA) is 149 Å². The number of nitriles is 1. The van der Waals surface area contributed by atoms with E-state index >= 15 is 0 Å². The number of nitrogens with zero attached hydrogens (tertiary/aromatic N) is 1. The number of anilines is 1. The van der Waals surface area contributed by atoms with Gasteiger partial charge < -0.3 is 19.8 Å². The number of nitrogens with one attached hydrogen (secondary N) is 2. The van der Waals surface area contributed by atoms with Crippen LogP contribution in [0.5, 0.6) is 0 Å². The first kappa shape index (κ1) is 29.0. The Morgan fingerprint density at radius 3 is 2.50 bits per heavy atom. The fraction of sp³-hybridized carbons (Fsp3) is 0.450. The van der Waals surface area contributed by atoms with Crippen molar-refractivity contribution in [2.75, 3.05) is 24.8 Å². The summed E-state index contributed by atoms with van der Waals surface area (Å²) in [4.78, 5) is 15.4. The van der Waals surface area contributed by atoms with Crippen molar-refractivity contribution >= 4 is 46.7 Å². The van der Waals surface area contributed by atoms with Crippen LogP contribution in [0, 0.1) is 16.7 Å². The normalized spacial score (nSPS) is 28.6. The second kappa shape index (κ2) is 10.3. The molecular formula is C20H22ClF3N3O6PS2. The van der Waals surface area contributed by atoms with E-state index in [9.17, 15) is 31.4 Å². The van der Waals surface area contributed by atoms with Crippen LogP contribution in [0.4, 0.5) is 18.9 Å². The average Bonchev–Trinajstić information content (AvgIpc) is 3.13. The minimum Gasteiger partial charge on any atom is -0.383 e. The smallest absolute Gasteiger partial charge is 0.383 e. The Kier molecular flexibility index (Phi) is 8.30. The van der Waals surface area contributed by atoms with E-state index in [1.807, 2.05) is 6.07 Å². The molecule has 1 heterocycles. The molecule has 36 heavy (non-hydrogen) atoms. The van der Waals surface area contributed by atoms with Crippen LogP contribution in [0.25, 0.3) is 0 Å². The van der Waals surface area contributed by atoms with Gasteiger partial charge in [-0.2, -0.15) is 18.4 Å². The maximum absolute atomic E-state index is 14.5. The van der Waals surface area contributed by atoms with E-state index in [-0.39, 0.29) is 18.1 Å². The molecule has 0 radical (unpaired) electrons. The third-order valence-electron chi connectivity index (χ3n) is 5.66. The number of hydrogen-bond acceptors (Lipinski definition) is 7. The third kappa shape index (κ3) is 5.63. The van der Waals surface area contributed by atoms with Crippen LogP contribution in [-0.2, 0) is 19.3 Å². The van der Waals surface area contributed by atoms with Gasteiger partial charge in [-0.3, -0.25) is 4.57 Å². The van der Waals surface area contributed by atoms with Crippen LogP contribution in [0.15, 0.2) is 53.0 Å². The fourth-order valence-electron chi connectivity index (χ4n) is 3.92. The highest BCUT2D eigenvalue weighted by molar-refractivity contribution is 8.15. The molecule has 4 unspecified atom stereocenters. The van der Waals surface area contributed by atoms with E-state index in [0.29, 0.717) is 18.7 Å². The molecule has 0 bridgehead atoms. The van der Waals surface area contributed by atoms with Gasteiger partial charge in [0.05, 0.1) is 12.7 Å². The lowest BCUT2D eigenvalue weighted by Gasteiger charge is -2.41. The number of alkyl halides is 4. The van der Waals surface area contributed by atoms with Crippen molar-refractivity contribution in [3.8, 4) is 6.07 Å². The van der Waals surface area contributed by atoms with Crippen LogP contribution in [0.3, 0.4) is 0 Å². The lowest BCUT2D eigenvalue weighted by atomic mass is 9.72. The van der Waals surface area contributed by atoms with Gasteiger partial charge in [0.2, 0.25) is 10.0 Å². The first-order valence-electron chi connectivity index (χ1n) is 10.3. The summed E-state index contributed by atoms with van der Waals surface area (Å²) in [5, 5.41) is 13.0.